The summed E-state index contributed by atoms with van der Waals surface area (Å²) < 4.78 is 0. The molecule has 0 aliphatic carbocycles. The van der Waals surface area contributed by atoms with E-state index in [4.69, 9.17) is 16.7 Å². The lowest BCUT2D eigenvalue weighted by Crippen LogP contribution is -2.47. The van der Waals surface area contributed by atoms with Crippen LogP contribution in [0.15, 0.2) is 37.0 Å². The van der Waals surface area contributed by atoms with Crippen molar-refractivity contribution in [3.63, 3.8) is 0 Å². The fourth-order valence-electron chi connectivity index (χ4n) is 3.70. The Labute approximate surface area is 203 Å². The van der Waals surface area contributed by atoms with Crippen molar-refractivity contribution in [1.29, 1.82) is 0 Å². The molecule has 0 unspecified atom stereocenters. The number of para-hydroxylation sites is 1. The zero-order chi connectivity index (χ0) is 23.4. The number of halogens is 1. The van der Waals surface area contributed by atoms with E-state index >= 15 is 0 Å². The van der Waals surface area contributed by atoms with Crippen LogP contribution in [0.25, 0.3) is 5.70 Å². The Kier molecular flexibility index (Phi) is 7.44. The van der Waals surface area contributed by atoms with Gasteiger partial charge in [0.15, 0.2) is 5.13 Å². The molecule has 2 aromatic heterocycles. The highest BCUT2D eigenvalue weighted by molar-refractivity contribution is 7.16. The van der Waals surface area contributed by atoms with Crippen molar-refractivity contribution >= 4 is 51.1 Å². The Hall–Kier alpha value is -2.72. The lowest BCUT2D eigenvalue weighted by Gasteiger charge is -2.35. The topological polar surface area (TPSA) is 89.4 Å². The van der Waals surface area contributed by atoms with E-state index in [2.05, 4.69) is 42.0 Å². The zero-order valence-corrected chi connectivity index (χ0v) is 20.4. The first-order valence-electron chi connectivity index (χ1n) is 10.8. The van der Waals surface area contributed by atoms with Crippen LogP contribution in [-0.2, 0) is 0 Å². The van der Waals surface area contributed by atoms with Crippen LogP contribution in [0, 0.1) is 13.8 Å². The first kappa shape index (κ1) is 23.4. The summed E-state index contributed by atoms with van der Waals surface area (Å²) in [6, 6.07) is 7.73. The molecule has 0 amide bonds. The van der Waals surface area contributed by atoms with Crippen LogP contribution in [0.3, 0.4) is 0 Å². The number of nitrogens with zero attached hydrogens (tertiary/aromatic N) is 5. The van der Waals surface area contributed by atoms with E-state index in [0.29, 0.717) is 23.2 Å². The highest BCUT2D eigenvalue weighted by Crippen LogP contribution is 2.32. The van der Waals surface area contributed by atoms with Crippen LogP contribution < -0.4 is 15.5 Å². The molecule has 0 bridgehead atoms. The van der Waals surface area contributed by atoms with Crippen LogP contribution in [0.4, 0.5) is 22.5 Å². The van der Waals surface area contributed by atoms with Gasteiger partial charge in [-0.2, -0.15) is 0 Å². The minimum atomic E-state index is 0.191. The molecule has 174 valence electrons. The van der Waals surface area contributed by atoms with Gasteiger partial charge in [0, 0.05) is 45.0 Å². The summed E-state index contributed by atoms with van der Waals surface area (Å²) in [6.45, 7) is 12.5. The van der Waals surface area contributed by atoms with Gasteiger partial charge in [-0.15, -0.1) is 0 Å². The molecule has 0 saturated carbocycles. The lowest BCUT2D eigenvalue weighted by atomic mass is 10.2. The number of aromatic nitrogens is 3. The summed E-state index contributed by atoms with van der Waals surface area (Å²) in [6.07, 6.45) is 1.78. The summed E-state index contributed by atoms with van der Waals surface area (Å²) in [4.78, 5) is 19.1. The van der Waals surface area contributed by atoms with E-state index in [0.717, 1.165) is 59.0 Å². The lowest BCUT2D eigenvalue weighted by molar-refractivity contribution is 0.188. The van der Waals surface area contributed by atoms with Crippen molar-refractivity contribution in [2.24, 2.45) is 0 Å². The number of aryl methyl sites for hydroxylation is 2. The fourth-order valence-corrected chi connectivity index (χ4v) is 4.72. The van der Waals surface area contributed by atoms with Gasteiger partial charge in [-0.25, -0.2) is 15.0 Å². The summed E-state index contributed by atoms with van der Waals surface area (Å²) in [5.41, 5.74) is 2.63. The number of rotatable bonds is 8. The molecule has 3 heterocycles. The van der Waals surface area contributed by atoms with Crippen molar-refractivity contribution in [2.75, 3.05) is 54.9 Å². The van der Waals surface area contributed by atoms with Gasteiger partial charge in [-0.05, 0) is 25.5 Å². The van der Waals surface area contributed by atoms with Gasteiger partial charge in [-0.3, -0.25) is 4.90 Å². The third kappa shape index (κ3) is 5.80. The second-order valence-electron chi connectivity index (χ2n) is 7.90. The minimum absolute atomic E-state index is 0.191. The summed E-state index contributed by atoms with van der Waals surface area (Å²) in [5.74, 6) is 2.30. The first-order valence-corrected chi connectivity index (χ1v) is 12.0. The van der Waals surface area contributed by atoms with Crippen molar-refractivity contribution in [3.8, 4) is 0 Å². The largest absolute Gasteiger partial charge is 0.395 e. The molecule has 10 heteroatoms. The molecule has 1 fully saturated rings. The smallest absolute Gasteiger partial charge is 0.188 e. The molecule has 33 heavy (non-hydrogen) atoms. The third-order valence-corrected chi connectivity index (χ3v) is 6.76. The molecular weight excluding hydrogens is 458 g/mol. The number of β-amino-alcohol motifs (C(OH)–C–C–N with tert-alkyl or cyclic N) is 1. The number of benzene rings is 1. The Balaban J connectivity index is 1.43. The SMILES string of the molecule is C=C(Nc1c(C)cccc1Cl)c1cnc(Nc2cc(N3CCN(CCO)CC3)nc(C)n2)s1. The quantitative estimate of drug-likeness (QED) is 0.438. The summed E-state index contributed by atoms with van der Waals surface area (Å²) in [7, 11) is 0. The second-order valence-corrected chi connectivity index (χ2v) is 9.34. The standard InChI is InChI=1S/C23H28ClN7OS/c1-15-5-4-6-18(24)22(15)26-16(2)19-14-25-23(33-19)29-20-13-21(28-17(3)27-20)31-9-7-30(8-10-31)11-12-32/h4-6,13-14,26,32H,2,7-12H2,1,3H3,(H,25,27,28,29). The van der Waals surface area contributed by atoms with Gasteiger partial charge >= 0.3 is 0 Å². The van der Waals surface area contributed by atoms with Gasteiger partial charge in [-0.1, -0.05) is 41.6 Å². The number of anilines is 4. The molecule has 1 aliphatic heterocycles. The normalized spacial score (nSPS) is 14.4. The maximum absolute atomic E-state index is 9.14. The predicted octanol–water partition coefficient (Wildman–Crippen LogP) is 4.14. The monoisotopic (exact) mass is 485 g/mol. The highest BCUT2D eigenvalue weighted by atomic mass is 35.5. The minimum Gasteiger partial charge on any atom is -0.395 e. The van der Waals surface area contributed by atoms with Gasteiger partial charge < -0.3 is 20.6 Å². The van der Waals surface area contributed by atoms with Gasteiger partial charge in [0.1, 0.15) is 17.5 Å². The van der Waals surface area contributed by atoms with E-state index in [9.17, 15) is 0 Å². The summed E-state index contributed by atoms with van der Waals surface area (Å²) in [5, 5.41) is 17.1. The first-order chi connectivity index (χ1) is 15.9. The van der Waals surface area contributed by atoms with E-state index < -0.39 is 0 Å². The van der Waals surface area contributed by atoms with Crippen LogP contribution in [0.2, 0.25) is 5.02 Å². The molecular formula is C23H28ClN7OS. The average molecular weight is 486 g/mol. The Morgan fingerprint density at radius 1 is 1.21 bits per heavy atom. The van der Waals surface area contributed by atoms with Crippen molar-refractivity contribution in [2.45, 2.75) is 13.8 Å². The van der Waals surface area contributed by atoms with Crippen LogP contribution in [0.1, 0.15) is 16.3 Å². The van der Waals surface area contributed by atoms with Crippen LogP contribution in [0.5, 0.6) is 0 Å². The predicted molar refractivity (Wildman–Crippen MR) is 137 cm³/mol. The second kappa shape index (κ2) is 10.5. The zero-order valence-electron chi connectivity index (χ0n) is 18.8. The summed E-state index contributed by atoms with van der Waals surface area (Å²) >= 11 is 7.82. The van der Waals surface area contributed by atoms with Crippen molar-refractivity contribution in [1.82, 2.24) is 19.9 Å². The van der Waals surface area contributed by atoms with E-state index in [1.807, 2.05) is 38.1 Å². The average Bonchev–Trinajstić information content (AvgIpc) is 3.25. The Morgan fingerprint density at radius 2 is 2.00 bits per heavy atom. The van der Waals surface area contributed by atoms with Crippen LogP contribution >= 0.6 is 22.9 Å². The van der Waals surface area contributed by atoms with Gasteiger partial charge in [0.25, 0.3) is 0 Å². The van der Waals surface area contributed by atoms with Crippen molar-refractivity contribution in [3.05, 3.63) is 58.3 Å². The fraction of sp³-hybridized carbons (Fsp3) is 0.348. The van der Waals surface area contributed by atoms with Gasteiger partial charge in [0.2, 0.25) is 0 Å². The Bertz CT molecular complexity index is 1110. The third-order valence-electron chi connectivity index (χ3n) is 5.47. The number of thiazole rings is 1. The van der Waals surface area contributed by atoms with E-state index in [-0.39, 0.29) is 6.61 Å². The molecule has 1 aliphatic rings. The maximum Gasteiger partial charge on any atom is 0.188 e. The maximum atomic E-state index is 9.14. The molecule has 0 atom stereocenters. The van der Waals surface area contributed by atoms with Crippen molar-refractivity contribution < 1.29 is 5.11 Å². The number of piperazine rings is 1. The molecule has 0 radical (unpaired) electrons. The molecule has 1 aromatic carbocycles. The number of nitrogens with one attached hydrogen (secondary N) is 2. The van der Waals surface area contributed by atoms with E-state index in [1.54, 1.807) is 6.20 Å². The molecule has 4 rings (SSSR count). The molecule has 8 nitrogen and oxygen atoms in total. The Morgan fingerprint density at radius 3 is 2.73 bits per heavy atom. The highest BCUT2D eigenvalue weighted by Gasteiger charge is 2.19. The molecule has 3 aromatic rings. The molecule has 0 spiro atoms. The van der Waals surface area contributed by atoms with E-state index in [1.165, 1.54) is 11.3 Å². The van der Waals surface area contributed by atoms with Crippen LogP contribution in [-0.4, -0.2) is 64.3 Å². The number of aliphatic hydroxyl groups excluding tert-OH is 1. The van der Waals surface area contributed by atoms with Gasteiger partial charge in [0.05, 0.1) is 27.9 Å². The molecule has 1 saturated heterocycles. The number of hydrogen-bond donors (Lipinski definition) is 3. The number of aliphatic hydroxyl groups is 1. The molecule has 3 N–H and O–H groups in total. The number of hydrogen-bond acceptors (Lipinski definition) is 9.